The molecule has 0 aromatic heterocycles. The highest BCUT2D eigenvalue weighted by atomic mass is 16.2. The van der Waals surface area contributed by atoms with Crippen molar-refractivity contribution in [2.75, 3.05) is 13.1 Å². The Morgan fingerprint density at radius 3 is 2.71 bits per heavy atom. The fraction of sp³-hybridized carbons (Fsp3) is 0.636. The van der Waals surface area contributed by atoms with Crippen molar-refractivity contribution in [1.82, 2.24) is 4.90 Å². The minimum Gasteiger partial charge on any atom is -0.497 e. The Bertz CT molecular complexity index is 439. The van der Waals surface area contributed by atoms with E-state index in [0.29, 0.717) is 12.3 Å². The van der Waals surface area contributed by atoms with Crippen LogP contribution in [0.2, 0.25) is 0 Å². The quantitative estimate of drug-likeness (QED) is 0.526. The van der Waals surface area contributed by atoms with Crippen LogP contribution in [0.4, 0.5) is 0 Å². The van der Waals surface area contributed by atoms with Gasteiger partial charge in [0.05, 0.1) is 0 Å². The average molecular weight is 233 g/mol. The van der Waals surface area contributed by atoms with Crippen LogP contribution in [0, 0.1) is 0 Å². The molecule has 0 aromatic rings. The molecular formula is C11H15N5O. The molecular weight excluding hydrogens is 218 g/mol. The molecule has 0 unspecified atom stereocenters. The predicted molar refractivity (Wildman–Crippen MR) is 64.2 cm³/mol. The van der Waals surface area contributed by atoms with Crippen LogP contribution in [-0.4, -0.2) is 46.1 Å². The molecule has 0 bridgehead atoms. The van der Waals surface area contributed by atoms with Gasteiger partial charge in [0.25, 0.3) is 5.91 Å². The van der Waals surface area contributed by atoms with Crippen molar-refractivity contribution in [3.05, 3.63) is 5.53 Å². The predicted octanol–water partition coefficient (Wildman–Crippen LogP) is 0.890. The van der Waals surface area contributed by atoms with E-state index in [1.807, 2.05) is 6.92 Å². The molecule has 6 nitrogen and oxygen atoms in total. The van der Waals surface area contributed by atoms with E-state index in [9.17, 15) is 4.79 Å². The third kappa shape index (κ3) is 2.31. The van der Waals surface area contributed by atoms with Crippen LogP contribution in [0.5, 0.6) is 0 Å². The van der Waals surface area contributed by atoms with Gasteiger partial charge in [0.2, 0.25) is 11.5 Å². The summed E-state index contributed by atoms with van der Waals surface area (Å²) in [6.45, 7) is 3.51. The van der Waals surface area contributed by atoms with Crippen molar-refractivity contribution in [1.29, 1.82) is 0 Å². The fourth-order valence-electron chi connectivity index (χ4n) is 2.00. The number of likely N-dealkylation sites (tertiary alicyclic amines) is 1. The summed E-state index contributed by atoms with van der Waals surface area (Å²) in [6, 6.07) is 0. The highest BCUT2D eigenvalue weighted by Crippen LogP contribution is 2.11. The number of amides is 1. The van der Waals surface area contributed by atoms with Gasteiger partial charge in [-0.2, -0.15) is 4.99 Å². The first-order valence-corrected chi connectivity index (χ1v) is 5.94. The molecule has 0 saturated carbocycles. The Hall–Kier alpha value is -1.81. The minimum atomic E-state index is -0.176. The van der Waals surface area contributed by atoms with Crippen molar-refractivity contribution in [3.63, 3.8) is 0 Å². The molecule has 0 aromatic carbocycles. The maximum absolute atomic E-state index is 12.1. The lowest BCUT2D eigenvalue weighted by atomic mass is 10.3. The fourth-order valence-corrected chi connectivity index (χ4v) is 2.00. The molecule has 0 atom stereocenters. The SMILES string of the molecule is CCCC1=NC(=[N+]=[N-])C(C(=O)N2CCCC2)=N1. The smallest absolute Gasteiger partial charge is 0.434 e. The van der Waals surface area contributed by atoms with Gasteiger partial charge in [-0.1, -0.05) is 6.92 Å². The summed E-state index contributed by atoms with van der Waals surface area (Å²) >= 11 is 0. The van der Waals surface area contributed by atoms with E-state index in [2.05, 4.69) is 14.8 Å². The highest BCUT2D eigenvalue weighted by Gasteiger charge is 2.36. The average Bonchev–Trinajstić information content (AvgIpc) is 2.97. The summed E-state index contributed by atoms with van der Waals surface area (Å²) < 4.78 is 0. The number of hydrogen-bond acceptors (Lipinski definition) is 2. The molecule has 2 aliphatic rings. The third-order valence-corrected chi connectivity index (χ3v) is 2.85. The number of aliphatic imine (C=N–C) groups is 2. The number of hydrogen-bond donors (Lipinski definition) is 0. The summed E-state index contributed by atoms with van der Waals surface area (Å²) in [7, 11) is 0. The molecule has 0 aliphatic carbocycles. The zero-order valence-corrected chi connectivity index (χ0v) is 9.89. The van der Waals surface area contributed by atoms with Gasteiger partial charge in [-0.3, -0.25) is 4.79 Å². The van der Waals surface area contributed by atoms with E-state index in [4.69, 9.17) is 5.53 Å². The first-order valence-electron chi connectivity index (χ1n) is 5.94. The van der Waals surface area contributed by atoms with E-state index in [0.717, 1.165) is 32.4 Å². The normalized spacial score (nSPS) is 19.1. The lowest BCUT2D eigenvalue weighted by molar-refractivity contribution is -0.123. The van der Waals surface area contributed by atoms with Crippen LogP contribution < -0.4 is 0 Å². The molecule has 1 amide bonds. The van der Waals surface area contributed by atoms with Gasteiger partial charge in [-0.25, -0.2) is 0 Å². The number of rotatable bonds is 3. The molecule has 1 fully saturated rings. The van der Waals surface area contributed by atoms with E-state index in [-0.39, 0.29) is 17.5 Å². The van der Waals surface area contributed by atoms with Gasteiger partial charge in [0, 0.05) is 19.5 Å². The second-order valence-electron chi connectivity index (χ2n) is 4.16. The molecule has 1 saturated heterocycles. The second kappa shape index (κ2) is 5.01. The Labute approximate surface area is 99.7 Å². The molecule has 17 heavy (non-hydrogen) atoms. The second-order valence-corrected chi connectivity index (χ2v) is 4.16. The first-order chi connectivity index (χ1) is 8.26. The van der Waals surface area contributed by atoms with Gasteiger partial charge in [0.1, 0.15) is 0 Å². The maximum atomic E-state index is 12.1. The van der Waals surface area contributed by atoms with Crippen LogP contribution in [0.15, 0.2) is 9.98 Å². The molecule has 6 heteroatoms. The van der Waals surface area contributed by atoms with Crippen molar-refractivity contribution < 1.29 is 9.58 Å². The van der Waals surface area contributed by atoms with Crippen LogP contribution in [0.25, 0.3) is 5.53 Å². The Morgan fingerprint density at radius 2 is 2.12 bits per heavy atom. The Morgan fingerprint density at radius 1 is 1.41 bits per heavy atom. The topological polar surface area (TPSA) is 81.4 Å². The van der Waals surface area contributed by atoms with Crippen LogP contribution in [0.3, 0.4) is 0 Å². The maximum Gasteiger partial charge on any atom is 0.434 e. The van der Waals surface area contributed by atoms with Crippen molar-refractivity contribution in [2.45, 2.75) is 32.6 Å². The monoisotopic (exact) mass is 233 g/mol. The number of nitrogens with zero attached hydrogens (tertiary/aromatic N) is 5. The summed E-state index contributed by atoms with van der Waals surface area (Å²) in [4.78, 5) is 25.1. The van der Waals surface area contributed by atoms with Gasteiger partial charge in [-0.05, 0) is 24.3 Å². The molecule has 0 spiro atoms. The molecule has 0 N–H and O–H groups in total. The van der Waals surface area contributed by atoms with Crippen molar-refractivity contribution in [3.8, 4) is 0 Å². The highest BCUT2D eigenvalue weighted by molar-refractivity contribution is 6.68. The van der Waals surface area contributed by atoms with E-state index in [1.165, 1.54) is 0 Å². The van der Waals surface area contributed by atoms with Crippen molar-refractivity contribution >= 4 is 23.3 Å². The zero-order valence-electron chi connectivity index (χ0n) is 9.89. The van der Waals surface area contributed by atoms with Gasteiger partial charge in [0.15, 0.2) is 0 Å². The van der Waals surface area contributed by atoms with Gasteiger partial charge in [-0.15, -0.1) is 0 Å². The molecule has 2 aliphatic heterocycles. The molecule has 0 radical (unpaired) electrons. The number of carbonyl (C=O) groups excluding carboxylic acids is 1. The minimum absolute atomic E-state index is 0.0466. The molecule has 2 rings (SSSR count). The molecule has 2 heterocycles. The lowest BCUT2D eigenvalue weighted by Gasteiger charge is -2.12. The standard InChI is InChI=1S/C11H15N5O/c1-2-5-8-13-9(10(14-8)15-12)11(17)16-6-3-4-7-16/h2-7H2,1H3. The van der Waals surface area contributed by atoms with Crippen molar-refractivity contribution in [2.24, 2.45) is 9.98 Å². The largest absolute Gasteiger partial charge is 0.497 e. The van der Waals surface area contributed by atoms with E-state index >= 15 is 0 Å². The zero-order chi connectivity index (χ0) is 12.3. The molecule has 90 valence electrons. The van der Waals surface area contributed by atoms with E-state index < -0.39 is 0 Å². The lowest BCUT2D eigenvalue weighted by Crippen LogP contribution is -2.37. The van der Waals surface area contributed by atoms with E-state index in [1.54, 1.807) is 4.90 Å². The summed E-state index contributed by atoms with van der Waals surface area (Å²) in [5.41, 5.74) is 9.02. The first kappa shape index (κ1) is 11.7. The summed E-state index contributed by atoms with van der Waals surface area (Å²) in [6.07, 6.45) is 3.63. The van der Waals surface area contributed by atoms with Crippen LogP contribution in [0.1, 0.15) is 32.6 Å². The number of carbonyl (C=O) groups is 1. The summed E-state index contributed by atoms with van der Waals surface area (Å²) in [5.74, 6) is 0.443. The summed E-state index contributed by atoms with van der Waals surface area (Å²) in [5, 5.41) is 0. The Balaban J connectivity index is 2.18. The van der Waals surface area contributed by atoms with Gasteiger partial charge >= 0.3 is 5.84 Å². The van der Waals surface area contributed by atoms with Gasteiger partial charge < -0.3 is 15.2 Å². The third-order valence-electron chi connectivity index (χ3n) is 2.85. The van der Waals surface area contributed by atoms with Crippen LogP contribution in [-0.2, 0) is 4.79 Å². The van der Waals surface area contributed by atoms with Crippen LogP contribution >= 0.6 is 0 Å². The number of amidine groups is 2. The Kier molecular flexibility index (Phi) is 3.44.